The molecule has 0 aliphatic carbocycles. The van der Waals surface area contributed by atoms with Crippen molar-refractivity contribution in [3.05, 3.63) is 60.7 Å². The molecule has 0 aliphatic heterocycles. The number of hydrogen-bond donors (Lipinski definition) is 1. The molecule has 0 bridgehead atoms. The van der Waals surface area contributed by atoms with Crippen molar-refractivity contribution in [2.75, 3.05) is 12.7 Å². The summed E-state index contributed by atoms with van der Waals surface area (Å²) in [6, 6.07) is 21.6. The summed E-state index contributed by atoms with van der Waals surface area (Å²) in [6.45, 7) is 0.996. The number of hydrogen-bond acceptors (Lipinski definition) is 0. The first kappa shape index (κ1) is 17.7. The van der Waals surface area contributed by atoms with Gasteiger partial charge in [0.1, 0.15) is 0 Å². The van der Waals surface area contributed by atoms with Crippen LogP contribution in [0.5, 0.6) is 0 Å². The zero-order valence-corrected chi connectivity index (χ0v) is 12.3. The molecular weight excluding hydrogens is 300 g/mol. The van der Waals surface area contributed by atoms with Crippen molar-refractivity contribution in [2.24, 2.45) is 0 Å². The quantitative estimate of drug-likeness (QED) is 0.510. The predicted octanol–water partition coefficient (Wildman–Crippen LogP) is 2.66. The van der Waals surface area contributed by atoms with E-state index < -0.39 is 7.25 Å². The number of rotatable bonds is 4. The minimum absolute atomic E-state index is 0.213. The van der Waals surface area contributed by atoms with Crippen molar-refractivity contribution < 1.29 is 23.0 Å². The van der Waals surface area contributed by atoms with Gasteiger partial charge in [-0.3, -0.25) is 0 Å². The Kier molecular flexibility index (Phi) is 7.41. The molecule has 0 spiro atoms. The van der Waals surface area contributed by atoms with E-state index in [0.29, 0.717) is 0 Å². The SMILES string of the molecule is F[B-](F)(F)F.[NH3+]CCP(c1ccccc1)c1ccccc1. The summed E-state index contributed by atoms with van der Waals surface area (Å²) in [7, 11) is -6.21. The standard InChI is InChI=1S/C14H16NP.BF4/c15-11-12-16(13-7-3-1-4-8-13)14-9-5-2-6-10-14;2-1(3,4)5/h1-10H,11-12,15H2;/q;-1/p+1. The van der Waals surface area contributed by atoms with Crippen LogP contribution in [-0.4, -0.2) is 20.0 Å². The van der Waals surface area contributed by atoms with Crippen LogP contribution in [0.3, 0.4) is 0 Å². The van der Waals surface area contributed by atoms with Gasteiger partial charge in [-0.2, -0.15) is 0 Å². The normalized spacial score (nSPS) is 11.0. The highest BCUT2D eigenvalue weighted by molar-refractivity contribution is 7.73. The van der Waals surface area contributed by atoms with E-state index in [1.165, 1.54) is 16.8 Å². The maximum atomic E-state index is 9.75. The predicted molar refractivity (Wildman–Crippen MR) is 81.9 cm³/mol. The molecule has 0 heterocycles. The van der Waals surface area contributed by atoms with Crippen LogP contribution < -0.4 is 16.3 Å². The summed E-state index contributed by atoms with van der Waals surface area (Å²) in [5.41, 5.74) is 3.99. The molecular formula is C14H17BF4NP. The minimum atomic E-state index is -6.00. The monoisotopic (exact) mass is 317 g/mol. The van der Waals surface area contributed by atoms with Crippen LogP contribution in [0, 0.1) is 0 Å². The second-order valence-electron chi connectivity index (χ2n) is 4.17. The summed E-state index contributed by atoms with van der Waals surface area (Å²) in [6.07, 6.45) is 1.17. The van der Waals surface area contributed by atoms with E-state index in [0.717, 1.165) is 6.54 Å². The molecule has 114 valence electrons. The van der Waals surface area contributed by atoms with E-state index in [9.17, 15) is 17.3 Å². The second kappa shape index (κ2) is 8.80. The largest absolute Gasteiger partial charge is 0.673 e. The molecule has 0 radical (unpaired) electrons. The lowest BCUT2D eigenvalue weighted by Crippen LogP contribution is -2.52. The molecule has 1 nitrogen and oxygen atoms in total. The Balaban J connectivity index is 0.000000383. The highest BCUT2D eigenvalue weighted by atomic mass is 31.1. The number of halogens is 4. The third-order valence-electron chi connectivity index (χ3n) is 2.52. The molecule has 3 N–H and O–H groups in total. The molecule has 0 saturated carbocycles. The fourth-order valence-electron chi connectivity index (χ4n) is 1.78. The molecule has 0 aliphatic rings. The highest BCUT2D eigenvalue weighted by Crippen LogP contribution is 2.31. The van der Waals surface area contributed by atoms with Gasteiger partial charge in [-0.1, -0.05) is 60.7 Å². The average molecular weight is 317 g/mol. The fraction of sp³-hybridized carbons (Fsp3) is 0.143. The summed E-state index contributed by atoms with van der Waals surface area (Å²) >= 11 is 0. The van der Waals surface area contributed by atoms with E-state index in [4.69, 9.17) is 0 Å². The number of benzene rings is 2. The Morgan fingerprint density at radius 3 is 1.38 bits per heavy atom. The van der Waals surface area contributed by atoms with Crippen LogP contribution in [0.2, 0.25) is 0 Å². The summed E-state index contributed by atoms with van der Waals surface area (Å²) in [4.78, 5) is 0. The van der Waals surface area contributed by atoms with Crippen LogP contribution >= 0.6 is 7.92 Å². The molecule has 0 saturated heterocycles. The van der Waals surface area contributed by atoms with Crippen molar-refractivity contribution in [2.45, 2.75) is 0 Å². The molecule has 0 amide bonds. The van der Waals surface area contributed by atoms with Crippen LogP contribution in [0.25, 0.3) is 0 Å². The van der Waals surface area contributed by atoms with Crippen molar-refractivity contribution >= 4 is 25.8 Å². The topological polar surface area (TPSA) is 27.6 Å². The zero-order chi connectivity index (χ0) is 15.7. The third kappa shape index (κ3) is 7.83. The Morgan fingerprint density at radius 1 is 0.762 bits per heavy atom. The molecule has 7 heteroatoms. The average Bonchev–Trinajstić information content (AvgIpc) is 2.45. The molecule has 0 fully saturated rings. The lowest BCUT2D eigenvalue weighted by molar-refractivity contribution is -0.360. The molecule has 2 aromatic carbocycles. The van der Waals surface area contributed by atoms with Gasteiger partial charge in [-0.15, -0.1) is 0 Å². The van der Waals surface area contributed by atoms with Crippen LogP contribution in [-0.2, 0) is 0 Å². The first-order valence-electron chi connectivity index (χ1n) is 6.46. The molecule has 21 heavy (non-hydrogen) atoms. The molecule has 2 rings (SSSR count). The van der Waals surface area contributed by atoms with Gasteiger partial charge >= 0.3 is 7.25 Å². The maximum absolute atomic E-state index is 9.75. The van der Waals surface area contributed by atoms with Crippen LogP contribution in [0.1, 0.15) is 0 Å². The second-order valence-corrected chi connectivity index (χ2v) is 6.51. The van der Waals surface area contributed by atoms with E-state index in [2.05, 4.69) is 66.4 Å². The molecule has 0 unspecified atom stereocenters. The molecule has 0 atom stereocenters. The summed E-state index contributed by atoms with van der Waals surface area (Å²) in [5, 5.41) is 2.90. The Labute approximate surface area is 123 Å². The smallest absolute Gasteiger partial charge is 0.418 e. The third-order valence-corrected chi connectivity index (χ3v) is 5.12. The lowest BCUT2D eigenvalue weighted by atomic mass is 10.3. The van der Waals surface area contributed by atoms with Crippen LogP contribution in [0.4, 0.5) is 17.3 Å². The van der Waals surface area contributed by atoms with E-state index in [1.807, 2.05) is 0 Å². The minimum Gasteiger partial charge on any atom is -0.418 e. The van der Waals surface area contributed by atoms with Gasteiger partial charge < -0.3 is 23.0 Å². The number of quaternary nitrogens is 1. The van der Waals surface area contributed by atoms with E-state index in [1.54, 1.807) is 0 Å². The molecule has 0 aromatic heterocycles. The van der Waals surface area contributed by atoms with E-state index >= 15 is 0 Å². The van der Waals surface area contributed by atoms with Gasteiger partial charge in [0.2, 0.25) is 0 Å². The Morgan fingerprint density at radius 2 is 1.10 bits per heavy atom. The van der Waals surface area contributed by atoms with Gasteiger partial charge in [-0.25, -0.2) is 0 Å². The lowest BCUT2D eigenvalue weighted by Gasteiger charge is -2.16. The van der Waals surface area contributed by atoms with Gasteiger partial charge in [0.05, 0.1) is 6.54 Å². The summed E-state index contributed by atoms with van der Waals surface area (Å²) < 4.78 is 39.0. The van der Waals surface area contributed by atoms with Crippen molar-refractivity contribution in [3.8, 4) is 0 Å². The first-order valence-corrected chi connectivity index (χ1v) is 7.98. The maximum Gasteiger partial charge on any atom is 0.673 e. The van der Waals surface area contributed by atoms with Gasteiger partial charge in [0.25, 0.3) is 0 Å². The highest BCUT2D eigenvalue weighted by Gasteiger charge is 2.20. The van der Waals surface area contributed by atoms with Gasteiger partial charge in [-0.05, 0) is 18.5 Å². The zero-order valence-electron chi connectivity index (χ0n) is 11.4. The molecule has 2 aromatic rings. The van der Waals surface area contributed by atoms with Crippen LogP contribution in [0.15, 0.2) is 60.7 Å². The van der Waals surface area contributed by atoms with Crippen molar-refractivity contribution in [3.63, 3.8) is 0 Å². The Bertz CT molecular complexity index is 462. The van der Waals surface area contributed by atoms with Crippen molar-refractivity contribution in [1.82, 2.24) is 0 Å². The first-order chi connectivity index (χ1) is 9.92. The summed E-state index contributed by atoms with van der Waals surface area (Å²) in [5.74, 6) is 0. The van der Waals surface area contributed by atoms with Gasteiger partial charge in [0.15, 0.2) is 0 Å². The van der Waals surface area contributed by atoms with Crippen molar-refractivity contribution in [1.29, 1.82) is 0 Å². The van der Waals surface area contributed by atoms with Gasteiger partial charge in [0, 0.05) is 6.16 Å². The fourth-order valence-corrected chi connectivity index (χ4v) is 3.98. The Hall–Kier alpha value is -1.39. The van der Waals surface area contributed by atoms with E-state index in [-0.39, 0.29) is 7.92 Å².